The Labute approximate surface area is 123 Å². The van der Waals surface area contributed by atoms with Crippen molar-refractivity contribution in [1.29, 1.82) is 0 Å². The van der Waals surface area contributed by atoms with E-state index in [1.54, 1.807) is 6.07 Å². The number of hydrogen-bond acceptors (Lipinski definition) is 4. The van der Waals surface area contributed by atoms with Gasteiger partial charge in [-0.05, 0) is 23.8 Å². The van der Waals surface area contributed by atoms with Gasteiger partial charge in [0.1, 0.15) is 0 Å². The fourth-order valence-corrected chi connectivity index (χ4v) is 2.00. The highest BCUT2D eigenvalue weighted by atomic mass is 35.5. The number of aliphatic hydroxyl groups excluding tert-OH is 1. The minimum atomic E-state index is -4.58. The number of rotatable bonds is 4. The number of benzene rings is 1. The molecule has 1 atom stereocenters. The molecule has 0 aliphatic heterocycles. The highest BCUT2D eigenvalue weighted by Gasteiger charge is 2.35. The number of aliphatic hydroxyl groups is 1. The van der Waals surface area contributed by atoms with Crippen molar-refractivity contribution >= 4 is 17.5 Å². The van der Waals surface area contributed by atoms with Crippen LogP contribution >= 0.6 is 11.6 Å². The highest BCUT2D eigenvalue weighted by Crippen LogP contribution is 2.36. The van der Waals surface area contributed by atoms with Gasteiger partial charge in [0.05, 0.1) is 18.2 Å². The Morgan fingerprint density at radius 2 is 1.90 bits per heavy atom. The number of nitrogens with zero attached hydrogens (tertiary/aromatic N) is 2. The third-order valence-corrected chi connectivity index (χ3v) is 2.98. The summed E-state index contributed by atoms with van der Waals surface area (Å²) < 4.78 is 39.2. The van der Waals surface area contributed by atoms with Crippen LogP contribution in [0.4, 0.5) is 19.1 Å². The van der Waals surface area contributed by atoms with E-state index in [2.05, 4.69) is 15.3 Å². The molecule has 8 heteroatoms. The standard InChI is InChI=1S/C13H11ClF3N3O/c14-8-2-3-9(10(6-8)13(15,16)17)11(7-21)20-12-18-4-1-5-19-12/h1-6,11,21H,7H2,(H,18,19,20). The van der Waals surface area contributed by atoms with Crippen LogP contribution in [0.3, 0.4) is 0 Å². The lowest BCUT2D eigenvalue weighted by molar-refractivity contribution is -0.138. The van der Waals surface area contributed by atoms with Crippen LogP contribution in [0.1, 0.15) is 17.2 Å². The molecule has 112 valence electrons. The van der Waals surface area contributed by atoms with Gasteiger partial charge in [0, 0.05) is 17.4 Å². The summed E-state index contributed by atoms with van der Waals surface area (Å²) in [7, 11) is 0. The summed E-state index contributed by atoms with van der Waals surface area (Å²) in [6.45, 7) is -0.553. The third-order valence-electron chi connectivity index (χ3n) is 2.75. The van der Waals surface area contributed by atoms with Gasteiger partial charge in [0.2, 0.25) is 5.95 Å². The molecule has 0 saturated heterocycles. The predicted molar refractivity (Wildman–Crippen MR) is 71.9 cm³/mol. The van der Waals surface area contributed by atoms with Crippen LogP contribution in [0.15, 0.2) is 36.7 Å². The second kappa shape index (κ2) is 6.28. The number of alkyl halides is 3. The van der Waals surface area contributed by atoms with E-state index >= 15 is 0 Å². The van der Waals surface area contributed by atoms with Crippen LogP contribution < -0.4 is 5.32 Å². The first-order chi connectivity index (χ1) is 9.91. The van der Waals surface area contributed by atoms with E-state index in [0.29, 0.717) is 0 Å². The second-order valence-corrected chi connectivity index (χ2v) is 4.62. The average Bonchev–Trinajstić information content (AvgIpc) is 2.45. The lowest BCUT2D eigenvalue weighted by Gasteiger charge is -2.21. The number of nitrogens with one attached hydrogen (secondary N) is 1. The first-order valence-corrected chi connectivity index (χ1v) is 6.30. The minimum Gasteiger partial charge on any atom is -0.394 e. The molecular weight excluding hydrogens is 307 g/mol. The molecule has 4 nitrogen and oxygen atoms in total. The lowest BCUT2D eigenvalue weighted by atomic mass is 10.0. The van der Waals surface area contributed by atoms with Gasteiger partial charge in [0.25, 0.3) is 0 Å². The zero-order valence-electron chi connectivity index (χ0n) is 10.6. The summed E-state index contributed by atoms with van der Waals surface area (Å²) in [4.78, 5) is 7.72. The summed E-state index contributed by atoms with van der Waals surface area (Å²) in [6.07, 6.45) is -1.69. The van der Waals surface area contributed by atoms with E-state index in [1.165, 1.54) is 24.5 Å². The fourth-order valence-electron chi connectivity index (χ4n) is 1.83. The topological polar surface area (TPSA) is 58.0 Å². The van der Waals surface area contributed by atoms with Crippen molar-refractivity contribution < 1.29 is 18.3 Å². The van der Waals surface area contributed by atoms with Crippen molar-refractivity contribution in [3.63, 3.8) is 0 Å². The third kappa shape index (κ3) is 3.83. The van der Waals surface area contributed by atoms with Gasteiger partial charge in [-0.25, -0.2) is 9.97 Å². The van der Waals surface area contributed by atoms with Gasteiger partial charge in [-0.15, -0.1) is 0 Å². The summed E-state index contributed by atoms with van der Waals surface area (Å²) in [5, 5.41) is 12.0. The van der Waals surface area contributed by atoms with Crippen LogP contribution in [0, 0.1) is 0 Å². The minimum absolute atomic E-state index is 0.0290. The maximum Gasteiger partial charge on any atom is 0.416 e. The summed E-state index contributed by atoms with van der Waals surface area (Å²) in [6, 6.07) is 3.96. The molecular formula is C13H11ClF3N3O. The SMILES string of the molecule is OCC(Nc1ncccn1)c1ccc(Cl)cc1C(F)(F)F. The van der Waals surface area contributed by atoms with E-state index in [0.717, 1.165) is 6.07 Å². The molecule has 1 aromatic carbocycles. The summed E-state index contributed by atoms with van der Waals surface area (Å²) in [5.41, 5.74) is -1.03. The van der Waals surface area contributed by atoms with Gasteiger partial charge < -0.3 is 10.4 Å². The number of aromatic nitrogens is 2. The molecule has 1 unspecified atom stereocenters. The van der Waals surface area contributed by atoms with Crippen LogP contribution in [0.2, 0.25) is 5.02 Å². The van der Waals surface area contributed by atoms with Gasteiger partial charge in [0.15, 0.2) is 0 Å². The Morgan fingerprint density at radius 3 is 2.48 bits per heavy atom. The molecule has 2 N–H and O–H groups in total. The first-order valence-electron chi connectivity index (χ1n) is 5.93. The molecule has 1 aromatic heterocycles. The Morgan fingerprint density at radius 1 is 1.24 bits per heavy atom. The van der Waals surface area contributed by atoms with E-state index in [-0.39, 0.29) is 16.5 Å². The largest absolute Gasteiger partial charge is 0.416 e. The molecule has 0 spiro atoms. The molecule has 2 aromatic rings. The van der Waals surface area contributed by atoms with Crippen molar-refractivity contribution in [3.8, 4) is 0 Å². The van der Waals surface area contributed by atoms with Crippen molar-refractivity contribution in [2.75, 3.05) is 11.9 Å². The highest BCUT2D eigenvalue weighted by molar-refractivity contribution is 6.30. The van der Waals surface area contributed by atoms with E-state index < -0.39 is 24.4 Å². The Hall–Kier alpha value is -1.86. The van der Waals surface area contributed by atoms with Crippen LogP contribution in [-0.2, 0) is 6.18 Å². The lowest BCUT2D eigenvalue weighted by Crippen LogP contribution is -2.21. The van der Waals surface area contributed by atoms with Gasteiger partial charge in [-0.1, -0.05) is 17.7 Å². The maximum absolute atomic E-state index is 13.1. The Kier molecular flexibility index (Phi) is 4.64. The molecule has 2 rings (SSSR count). The van der Waals surface area contributed by atoms with E-state index in [4.69, 9.17) is 11.6 Å². The van der Waals surface area contributed by atoms with Crippen molar-refractivity contribution in [2.24, 2.45) is 0 Å². The predicted octanol–water partition coefficient (Wildman–Crippen LogP) is 3.29. The average molecular weight is 318 g/mol. The molecule has 1 heterocycles. The van der Waals surface area contributed by atoms with E-state index in [9.17, 15) is 18.3 Å². The molecule has 0 saturated carbocycles. The molecule has 0 fully saturated rings. The number of anilines is 1. The maximum atomic E-state index is 13.1. The van der Waals surface area contributed by atoms with Crippen molar-refractivity contribution in [1.82, 2.24) is 9.97 Å². The zero-order valence-corrected chi connectivity index (χ0v) is 11.4. The van der Waals surface area contributed by atoms with Crippen molar-refractivity contribution in [2.45, 2.75) is 12.2 Å². The van der Waals surface area contributed by atoms with Crippen LogP contribution in [0.5, 0.6) is 0 Å². The fraction of sp³-hybridized carbons (Fsp3) is 0.231. The molecule has 0 amide bonds. The zero-order chi connectivity index (χ0) is 15.5. The van der Waals surface area contributed by atoms with E-state index in [1.807, 2.05) is 0 Å². The monoisotopic (exact) mass is 317 g/mol. The number of hydrogen-bond donors (Lipinski definition) is 2. The quantitative estimate of drug-likeness (QED) is 0.908. The molecule has 0 aliphatic carbocycles. The first kappa shape index (κ1) is 15.5. The second-order valence-electron chi connectivity index (χ2n) is 4.18. The Bertz CT molecular complexity index is 607. The summed E-state index contributed by atoms with van der Waals surface area (Å²) >= 11 is 5.62. The molecule has 21 heavy (non-hydrogen) atoms. The van der Waals surface area contributed by atoms with Crippen LogP contribution in [0.25, 0.3) is 0 Å². The summed E-state index contributed by atoms with van der Waals surface area (Å²) in [5.74, 6) is 0.125. The van der Waals surface area contributed by atoms with Gasteiger partial charge in [-0.2, -0.15) is 13.2 Å². The Balaban J connectivity index is 2.38. The normalized spacial score (nSPS) is 13.0. The molecule has 0 aliphatic rings. The number of halogens is 4. The van der Waals surface area contributed by atoms with Crippen LogP contribution in [-0.4, -0.2) is 21.7 Å². The van der Waals surface area contributed by atoms with Gasteiger partial charge >= 0.3 is 6.18 Å². The van der Waals surface area contributed by atoms with Gasteiger partial charge in [-0.3, -0.25) is 0 Å². The molecule has 0 bridgehead atoms. The molecule has 0 radical (unpaired) electrons. The van der Waals surface area contributed by atoms with Crippen molar-refractivity contribution in [3.05, 3.63) is 52.8 Å². The smallest absolute Gasteiger partial charge is 0.394 e.